The first-order chi connectivity index (χ1) is 41.0. The summed E-state index contributed by atoms with van der Waals surface area (Å²) in [5.74, 6) is -0.142. The number of hydrogen-bond donors (Lipinski definition) is 3. The van der Waals surface area contributed by atoms with Gasteiger partial charge in [-0.05, 0) is 77.0 Å². The van der Waals surface area contributed by atoms with E-state index in [4.69, 9.17) is 9.05 Å². The summed E-state index contributed by atoms with van der Waals surface area (Å²) in [7, 11) is 1.62. The van der Waals surface area contributed by atoms with Crippen molar-refractivity contribution in [2.24, 2.45) is 0 Å². The largest absolute Gasteiger partial charge is 0.472 e. The number of phosphoric acid groups is 1. The summed E-state index contributed by atoms with van der Waals surface area (Å²) in [5, 5.41) is 14.1. The van der Waals surface area contributed by atoms with Crippen LogP contribution in [0.2, 0.25) is 0 Å². The van der Waals surface area contributed by atoms with Crippen LogP contribution in [-0.4, -0.2) is 73.4 Å². The lowest BCUT2D eigenvalue weighted by atomic mass is 10.0. The summed E-state index contributed by atoms with van der Waals surface area (Å²) in [6.07, 6.45) is 93.6. The number of aliphatic hydroxyl groups excluding tert-OH is 1. The molecule has 0 spiro atoms. The number of quaternary nitrogens is 1. The van der Waals surface area contributed by atoms with E-state index in [0.717, 1.165) is 89.9 Å². The Kier molecular flexibility index (Phi) is 62.9. The highest BCUT2D eigenvalue weighted by Crippen LogP contribution is 2.43. The lowest BCUT2D eigenvalue weighted by Gasteiger charge is -2.26. The van der Waals surface area contributed by atoms with Crippen molar-refractivity contribution in [2.45, 2.75) is 334 Å². The molecule has 3 N–H and O–H groups in total. The number of hydrogen-bond acceptors (Lipinski definition) is 5. The van der Waals surface area contributed by atoms with Crippen molar-refractivity contribution in [1.29, 1.82) is 0 Å². The topological polar surface area (TPSA) is 105 Å². The van der Waals surface area contributed by atoms with Gasteiger partial charge in [0.05, 0.1) is 39.9 Å². The lowest BCUT2D eigenvalue weighted by Crippen LogP contribution is -2.46. The number of rotatable bonds is 65. The maximum absolute atomic E-state index is 13.1. The highest BCUT2D eigenvalue weighted by molar-refractivity contribution is 7.47. The monoisotopic (exact) mass is 1190 g/mol. The minimum Gasteiger partial charge on any atom is -0.391 e. The summed E-state index contributed by atoms with van der Waals surface area (Å²) in [5.41, 5.74) is 0. The van der Waals surface area contributed by atoms with Crippen molar-refractivity contribution in [3.05, 3.63) is 97.2 Å². The predicted octanol–water partition coefficient (Wildman–Crippen LogP) is 22.9. The Morgan fingerprint density at radius 1 is 0.417 bits per heavy atom. The molecular weight excluding hydrogens is 1060 g/mol. The molecule has 0 fully saturated rings. The average molecular weight is 1190 g/mol. The molecule has 0 bridgehead atoms. The van der Waals surface area contributed by atoms with Crippen LogP contribution in [0.4, 0.5) is 0 Å². The second kappa shape index (κ2) is 64.9. The lowest BCUT2D eigenvalue weighted by molar-refractivity contribution is -0.870. The summed E-state index contributed by atoms with van der Waals surface area (Å²) in [6, 6.07) is -0.765. The van der Waals surface area contributed by atoms with Crippen molar-refractivity contribution in [3.8, 4) is 0 Å². The van der Waals surface area contributed by atoms with Crippen LogP contribution in [0.15, 0.2) is 97.2 Å². The molecule has 9 heteroatoms. The van der Waals surface area contributed by atoms with E-state index in [-0.39, 0.29) is 19.1 Å². The molecule has 1 amide bonds. The van der Waals surface area contributed by atoms with Crippen LogP contribution in [0.25, 0.3) is 0 Å². The number of nitrogens with one attached hydrogen (secondary N) is 1. The number of carbonyl (C=O) groups is 1. The molecule has 8 nitrogen and oxygen atoms in total. The van der Waals surface area contributed by atoms with E-state index in [2.05, 4.69) is 116 Å². The van der Waals surface area contributed by atoms with E-state index in [1.807, 2.05) is 21.1 Å². The Hall–Kier alpha value is -2.58. The first-order valence-electron chi connectivity index (χ1n) is 35.6. The molecule has 3 unspecified atom stereocenters. The standard InChI is InChI=1S/C75H137N2O6P/c1-6-8-10-12-14-16-18-20-22-24-26-28-29-30-31-32-33-34-35-36-37-38-39-40-41-42-43-44-45-46-47-49-51-53-55-57-59-61-63-65-67-69-75(79)76-73(72-83-84(80,81)82-71-70-77(3,4)5)74(78)68-66-64-62-60-58-56-54-52-50-48-27-25-23-21-19-17-15-13-11-9-7-2/h8,10,14,16,20,22,26,28,30-31,33-34,36-37,39-40,73-74,78H,6-7,9,11-13,15,17-19,21,23-25,27,29,32,35,38,41-72H2,1-5H3,(H-,76,79,80,81)/p+1/b10-8-,16-14-,22-20-,28-26-,31-30-,34-33-,37-36-,40-39-. The van der Waals surface area contributed by atoms with Gasteiger partial charge < -0.3 is 19.8 Å². The SMILES string of the molecule is CC/C=C\C/C=C\C/C=C\C/C=C\C/C=C\C/C=C\C/C=C\C/C=C\CCCCCCCCCCCCCCCCCCC(=O)NC(COP(=O)(O)OCC[N+](C)(C)C)C(O)CCCCCCCCCCCCCCCCCCCCCCC. The average Bonchev–Trinajstić information content (AvgIpc) is 3.56. The Balaban J connectivity index is 3.99. The molecule has 0 aliphatic rings. The van der Waals surface area contributed by atoms with Crippen LogP contribution in [-0.2, 0) is 18.4 Å². The van der Waals surface area contributed by atoms with Gasteiger partial charge in [0.2, 0.25) is 5.91 Å². The Morgan fingerprint density at radius 2 is 0.714 bits per heavy atom. The molecule has 0 radical (unpaired) electrons. The van der Waals surface area contributed by atoms with Gasteiger partial charge in [-0.15, -0.1) is 0 Å². The van der Waals surface area contributed by atoms with Crippen LogP contribution in [0.5, 0.6) is 0 Å². The Morgan fingerprint density at radius 3 is 1.05 bits per heavy atom. The van der Waals surface area contributed by atoms with E-state index in [1.54, 1.807) is 0 Å². The Labute approximate surface area is 521 Å². The number of unbranched alkanes of at least 4 members (excludes halogenated alkanes) is 36. The minimum atomic E-state index is -4.33. The summed E-state index contributed by atoms with van der Waals surface area (Å²) < 4.78 is 23.9. The number of phosphoric ester groups is 1. The van der Waals surface area contributed by atoms with Gasteiger partial charge in [0.15, 0.2) is 0 Å². The molecule has 488 valence electrons. The summed E-state index contributed by atoms with van der Waals surface area (Å²) in [6.45, 7) is 4.81. The minimum absolute atomic E-state index is 0.0733. The number of nitrogens with zero attached hydrogens (tertiary/aromatic N) is 1. The third kappa shape index (κ3) is 66.9. The molecule has 0 aliphatic heterocycles. The normalized spacial score (nSPS) is 14.2. The molecule has 0 aromatic carbocycles. The van der Waals surface area contributed by atoms with E-state index in [0.29, 0.717) is 23.9 Å². The molecular formula is C75H138N2O6P+. The third-order valence-electron chi connectivity index (χ3n) is 15.8. The van der Waals surface area contributed by atoms with Gasteiger partial charge in [-0.25, -0.2) is 4.57 Å². The second-order valence-electron chi connectivity index (χ2n) is 25.2. The fraction of sp³-hybridized carbons (Fsp3) is 0.773. The quantitative estimate of drug-likeness (QED) is 0.0243. The molecule has 84 heavy (non-hydrogen) atoms. The van der Waals surface area contributed by atoms with Crippen LogP contribution >= 0.6 is 7.82 Å². The maximum atomic E-state index is 13.1. The van der Waals surface area contributed by atoms with Gasteiger partial charge in [0, 0.05) is 6.42 Å². The number of allylic oxidation sites excluding steroid dienone is 16. The fourth-order valence-corrected chi connectivity index (χ4v) is 11.1. The van der Waals surface area contributed by atoms with Crippen LogP contribution < -0.4 is 5.32 Å². The Bertz CT molecular complexity index is 1690. The van der Waals surface area contributed by atoms with Crippen molar-refractivity contribution >= 4 is 13.7 Å². The molecule has 0 rings (SSSR count). The van der Waals surface area contributed by atoms with E-state index >= 15 is 0 Å². The second-order valence-corrected chi connectivity index (χ2v) is 26.7. The van der Waals surface area contributed by atoms with Crippen molar-refractivity contribution in [1.82, 2.24) is 5.32 Å². The zero-order valence-electron chi connectivity index (χ0n) is 55.9. The zero-order chi connectivity index (χ0) is 61.2. The molecule has 0 aromatic rings. The highest BCUT2D eigenvalue weighted by atomic mass is 31.2. The van der Waals surface area contributed by atoms with E-state index in [9.17, 15) is 19.4 Å². The van der Waals surface area contributed by atoms with Crippen molar-refractivity contribution in [2.75, 3.05) is 40.9 Å². The van der Waals surface area contributed by atoms with Crippen molar-refractivity contribution in [3.63, 3.8) is 0 Å². The number of likely N-dealkylation sites (N-methyl/N-ethyl adjacent to an activating group) is 1. The van der Waals surface area contributed by atoms with Crippen molar-refractivity contribution < 1.29 is 32.9 Å². The molecule has 0 aliphatic carbocycles. The first-order valence-corrected chi connectivity index (χ1v) is 37.1. The van der Waals surface area contributed by atoms with Gasteiger partial charge in [0.25, 0.3) is 0 Å². The van der Waals surface area contributed by atoms with E-state index < -0.39 is 20.0 Å². The van der Waals surface area contributed by atoms with Gasteiger partial charge in [-0.3, -0.25) is 13.8 Å². The predicted molar refractivity (Wildman–Crippen MR) is 369 cm³/mol. The summed E-state index contributed by atoms with van der Waals surface area (Å²) in [4.78, 5) is 23.5. The molecule has 0 saturated heterocycles. The van der Waals surface area contributed by atoms with Gasteiger partial charge in [-0.1, -0.05) is 336 Å². The number of aliphatic hydroxyl groups is 1. The van der Waals surface area contributed by atoms with Crippen LogP contribution in [0.1, 0.15) is 322 Å². The van der Waals surface area contributed by atoms with Gasteiger partial charge in [-0.2, -0.15) is 0 Å². The van der Waals surface area contributed by atoms with Crippen LogP contribution in [0.3, 0.4) is 0 Å². The molecule has 3 atom stereocenters. The summed E-state index contributed by atoms with van der Waals surface area (Å²) >= 11 is 0. The van der Waals surface area contributed by atoms with E-state index in [1.165, 1.54) is 205 Å². The number of carbonyl (C=O) groups excluding carboxylic acids is 1. The maximum Gasteiger partial charge on any atom is 0.472 e. The van der Waals surface area contributed by atoms with Gasteiger partial charge >= 0.3 is 7.82 Å². The van der Waals surface area contributed by atoms with Gasteiger partial charge in [0.1, 0.15) is 13.2 Å². The third-order valence-corrected chi connectivity index (χ3v) is 16.8. The molecule has 0 aromatic heterocycles. The highest BCUT2D eigenvalue weighted by Gasteiger charge is 2.28. The fourth-order valence-electron chi connectivity index (χ4n) is 10.4. The number of amides is 1. The zero-order valence-corrected chi connectivity index (χ0v) is 56.8. The first kappa shape index (κ1) is 81.4. The molecule has 0 heterocycles. The van der Waals surface area contributed by atoms with Crippen LogP contribution in [0, 0.1) is 0 Å². The molecule has 0 saturated carbocycles. The smallest absolute Gasteiger partial charge is 0.391 e.